The molecular weight excluding hydrogens is 454 g/mol. The van der Waals surface area contributed by atoms with E-state index >= 15 is 0 Å². The molecule has 0 saturated heterocycles. The van der Waals surface area contributed by atoms with Gasteiger partial charge in [0.25, 0.3) is 5.56 Å². The van der Waals surface area contributed by atoms with Crippen LogP contribution in [-0.2, 0) is 11.3 Å². The number of carbonyl (C=O) groups excluding carboxylic acids is 1. The molecule has 32 heavy (non-hydrogen) atoms. The average Bonchev–Trinajstić information content (AvgIpc) is 2.75. The second-order valence-electron chi connectivity index (χ2n) is 7.14. The lowest BCUT2D eigenvalue weighted by atomic mass is 10.2. The second-order valence-corrected chi connectivity index (χ2v) is 8.88. The van der Waals surface area contributed by atoms with Crippen LogP contribution in [0.2, 0.25) is 5.02 Å². The third-order valence-corrected chi connectivity index (χ3v) is 5.96. The maximum atomic E-state index is 13.0. The highest BCUT2D eigenvalue weighted by atomic mass is 35.5. The Morgan fingerprint density at radius 3 is 2.56 bits per heavy atom. The molecule has 0 spiro atoms. The molecule has 0 aliphatic heterocycles. The van der Waals surface area contributed by atoms with Crippen LogP contribution in [0.3, 0.4) is 0 Å². The Labute approximate surface area is 194 Å². The molecule has 2 N–H and O–H groups in total. The van der Waals surface area contributed by atoms with Gasteiger partial charge in [0, 0.05) is 16.8 Å². The number of ether oxygens (including phenoxy) is 2. The molecular formula is C22H24ClN3O5S. The van der Waals surface area contributed by atoms with Crippen molar-refractivity contribution in [1.82, 2.24) is 9.55 Å². The average molecular weight is 478 g/mol. The van der Waals surface area contributed by atoms with Crippen molar-refractivity contribution in [2.75, 3.05) is 19.5 Å². The Kier molecular flexibility index (Phi) is 7.65. The number of benzene rings is 2. The van der Waals surface area contributed by atoms with Crippen LogP contribution in [0.1, 0.15) is 13.8 Å². The molecule has 2 aromatic carbocycles. The molecule has 1 aromatic heterocycles. The van der Waals surface area contributed by atoms with Gasteiger partial charge in [-0.15, -0.1) is 0 Å². The molecule has 0 fully saturated rings. The first-order valence-electron chi connectivity index (χ1n) is 9.81. The summed E-state index contributed by atoms with van der Waals surface area (Å²) in [6.07, 6.45) is -0.769. The van der Waals surface area contributed by atoms with E-state index in [9.17, 15) is 14.7 Å². The minimum Gasteiger partial charge on any atom is -0.493 e. The number of methoxy groups -OCH3 is 2. The highest BCUT2D eigenvalue weighted by Gasteiger charge is 2.21. The second kappa shape index (κ2) is 10.2. The van der Waals surface area contributed by atoms with E-state index in [2.05, 4.69) is 10.3 Å². The van der Waals surface area contributed by atoms with Crippen molar-refractivity contribution in [3.05, 3.63) is 51.8 Å². The van der Waals surface area contributed by atoms with E-state index in [1.165, 1.54) is 18.8 Å². The molecule has 2 unspecified atom stereocenters. The van der Waals surface area contributed by atoms with Gasteiger partial charge in [-0.3, -0.25) is 14.2 Å². The zero-order valence-electron chi connectivity index (χ0n) is 18.1. The Bertz CT molecular complexity index is 1200. The number of hydrogen-bond acceptors (Lipinski definition) is 7. The number of nitrogens with one attached hydrogen (secondary N) is 1. The normalized spacial score (nSPS) is 12.9. The fourth-order valence-electron chi connectivity index (χ4n) is 3.06. The van der Waals surface area contributed by atoms with Crippen LogP contribution in [0.15, 0.2) is 46.3 Å². The first kappa shape index (κ1) is 23.9. The van der Waals surface area contributed by atoms with E-state index in [4.69, 9.17) is 21.1 Å². The van der Waals surface area contributed by atoms with E-state index in [1.807, 2.05) is 0 Å². The molecule has 2 atom stereocenters. The topological polar surface area (TPSA) is 103 Å². The predicted molar refractivity (Wildman–Crippen MR) is 126 cm³/mol. The Morgan fingerprint density at radius 2 is 1.91 bits per heavy atom. The number of aliphatic hydroxyl groups is 1. The number of nitrogens with zero attached hydrogens (tertiary/aromatic N) is 2. The van der Waals surface area contributed by atoms with Crippen molar-refractivity contribution in [2.45, 2.75) is 36.9 Å². The molecule has 170 valence electrons. The fourth-order valence-corrected chi connectivity index (χ4v) is 4.14. The highest BCUT2D eigenvalue weighted by Crippen LogP contribution is 2.30. The Morgan fingerprint density at radius 1 is 1.19 bits per heavy atom. The SMILES string of the molecule is COc1ccc(NC(=O)C(C)Sc2nc3cc(Cl)ccc3c(=O)n2CC(C)O)cc1OC. The maximum absolute atomic E-state index is 13.0. The maximum Gasteiger partial charge on any atom is 0.262 e. The number of thioether (sulfide) groups is 1. The largest absolute Gasteiger partial charge is 0.493 e. The molecule has 0 saturated carbocycles. The van der Waals surface area contributed by atoms with Gasteiger partial charge in [0.2, 0.25) is 5.91 Å². The van der Waals surface area contributed by atoms with Crippen LogP contribution < -0.4 is 20.3 Å². The quantitative estimate of drug-likeness (QED) is 0.377. The third kappa shape index (κ3) is 5.35. The van der Waals surface area contributed by atoms with Gasteiger partial charge in [-0.05, 0) is 44.2 Å². The van der Waals surface area contributed by atoms with Gasteiger partial charge in [0.15, 0.2) is 16.7 Å². The molecule has 0 aliphatic rings. The zero-order valence-corrected chi connectivity index (χ0v) is 19.7. The molecule has 1 heterocycles. The Hall–Kier alpha value is -2.75. The van der Waals surface area contributed by atoms with Crippen molar-refractivity contribution >= 4 is 45.9 Å². The van der Waals surface area contributed by atoms with Crippen LogP contribution in [0, 0.1) is 0 Å². The molecule has 3 rings (SSSR count). The molecule has 8 nitrogen and oxygen atoms in total. The van der Waals surface area contributed by atoms with Gasteiger partial charge in [-0.25, -0.2) is 4.98 Å². The van der Waals surface area contributed by atoms with Crippen LogP contribution in [0.5, 0.6) is 11.5 Å². The van der Waals surface area contributed by atoms with E-state index < -0.39 is 11.4 Å². The summed E-state index contributed by atoms with van der Waals surface area (Å²) in [5.74, 6) is 0.754. The summed E-state index contributed by atoms with van der Waals surface area (Å²) in [4.78, 5) is 30.4. The van der Waals surface area contributed by atoms with E-state index in [-0.39, 0.29) is 18.0 Å². The molecule has 1 amide bonds. The molecule has 3 aromatic rings. The smallest absolute Gasteiger partial charge is 0.262 e. The highest BCUT2D eigenvalue weighted by molar-refractivity contribution is 8.00. The number of hydrogen-bond donors (Lipinski definition) is 2. The van der Waals surface area contributed by atoms with Crippen molar-refractivity contribution in [1.29, 1.82) is 0 Å². The summed E-state index contributed by atoms with van der Waals surface area (Å²) >= 11 is 7.18. The number of aromatic nitrogens is 2. The standard InChI is InChI=1S/C22H24ClN3O5S/c1-12(27)11-26-21(29)16-7-5-14(23)9-17(16)25-22(26)32-13(2)20(28)24-15-6-8-18(30-3)19(10-15)31-4/h5-10,12-13,27H,11H2,1-4H3,(H,24,28). The number of aliphatic hydroxyl groups excluding tert-OH is 1. The van der Waals surface area contributed by atoms with Crippen molar-refractivity contribution in [3.63, 3.8) is 0 Å². The lowest BCUT2D eigenvalue weighted by Crippen LogP contribution is -2.29. The molecule has 0 radical (unpaired) electrons. The Balaban J connectivity index is 1.89. The number of fused-ring (bicyclic) bond motifs is 1. The number of anilines is 1. The van der Waals surface area contributed by atoms with Gasteiger partial charge in [0.1, 0.15) is 0 Å². The minimum absolute atomic E-state index is 0.0523. The van der Waals surface area contributed by atoms with Crippen LogP contribution >= 0.6 is 23.4 Å². The monoisotopic (exact) mass is 477 g/mol. The van der Waals surface area contributed by atoms with Gasteiger partial charge in [-0.1, -0.05) is 23.4 Å². The first-order chi connectivity index (χ1) is 15.2. The number of halogens is 1. The summed E-state index contributed by atoms with van der Waals surface area (Å²) in [7, 11) is 3.05. The van der Waals surface area contributed by atoms with Crippen LogP contribution in [-0.4, -0.2) is 46.1 Å². The van der Waals surface area contributed by atoms with Crippen LogP contribution in [0.25, 0.3) is 10.9 Å². The van der Waals surface area contributed by atoms with Crippen LogP contribution in [0.4, 0.5) is 5.69 Å². The summed E-state index contributed by atoms with van der Waals surface area (Å²) in [6.45, 7) is 3.35. The first-order valence-corrected chi connectivity index (χ1v) is 11.1. The lowest BCUT2D eigenvalue weighted by molar-refractivity contribution is -0.115. The van der Waals surface area contributed by atoms with Crippen molar-refractivity contribution in [3.8, 4) is 11.5 Å². The summed E-state index contributed by atoms with van der Waals surface area (Å²) in [6, 6.07) is 9.88. The van der Waals surface area contributed by atoms with E-state index in [0.29, 0.717) is 38.3 Å². The number of amides is 1. The van der Waals surface area contributed by atoms with E-state index in [0.717, 1.165) is 11.8 Å². The summed E-state index contributed by atoms with van der Waals surface area (Å²) < 4.78 is 11.9. The van der Waals surface area contributed by atoms with Crippen molar-refractivity contribution < 1.29 is 19.4 Å². The van der Waals surface area contributed by atoms with Gasteiger partial charge in [-0.2, -0.15) is 0 Å². The fraction of sp³-hybridized carbons (Fsp3) is 0.318. The minimum atomic E-state index is -0.769. The van der Waals surface area contributed by atoms with Gasteiger partial charge in [0.05, 0.1) is 43.0 Å². The number of carbonyl (C=O) groups is 1. The number of rotatable bonds is 8. The van der Waals surface area contributed by atoms with Gasteiger partial charge < -0.3 is 19.9 Å². The van der Waals surface area contributed by atoms with Crippen molar-refractivity contribution in [2.24, 2.45) is 0 Å². The summed E-state index contributed by atoms with van der Waals surface area (Å²) in [5, 5.41) is 13.3. The van der Waals surface area contributed by atoms with Gasteiger partial charge >= 0.3 is 0 Å². The molecule has 0 aliphatic carbocycles. The lowest BCUT2D eigenvalue weighted by Gasteiger charge is -2.17. The molecule has 0 bridgehead atoms. The van der Waals surface area contributed by atoms with E-state index in [1.54, 1.807) is 50.2 Å². The zero-order chi connectivity index (χ0) is 23.4. The summed E-state index contributed by atoms with van der Waals surface area (Å²) in [5.41, 5.74) is 0.668. The predicted octanol–water partition coefficient (Wildman–Crippen LogP) is 3.57. The third-order valence-electron chi connectivity index (χ3n) is 4.63. The molecule has 10 heteroatoms.